The predicted octanol–water partition coefficient (Wildman–Crippen LogP) is 2.45. The first-order valence-electron chi connectivity index (χ1n) is 8.77. The minimum atomic E-state index is -0.0956. The second-order valence-corrected chi connectivity index (χ2v) is 6.79. The molecular formula is C19H30ClN3O2. The maximum Gasteiger partial charge on any atom is 0.251 e. The molecule has 1 fully saturated rings. The summed E-state index contributed by atoms with van der Waals surface area (Å²) in [4.78, 5) is 25.8. The smallest absolute Gasteiger partial charge is 0.251 e. The highest BCUT2D eigenvalue weighted by Gasteiger charge is 2.23. The molecule has 2 rings (SSSR count). The number of piperidine rings is 1. The summed E-state index contributed by atoms with van der Waals surface area (Å²) in [6.07, 6.45) is 2.94. The highest BCUT2D eigenvalue weighted by molar-refractivity contribution is 5.93. The topological polar surface area (TPSA) is 61.4 Å². The fraction of sp³-hybridized carbons (Fsp3) is 0.579. The molecule has 0 radical (unpaired) electrons. The fourth-order valence-corrected chi connectivity index (χ4v) is 3.28. The van der Waals surface area contributed by atoms with E-state index in [0.717, 1.165) is 18.7 Å². The Morgan fingerprint density at radius 1 is 1.24 bits per heavy atom. The lowest BCUT2D eigenvalue weighted by molar-refractivity contribution is -0.131. The molecule has 25 heavy (non-hydrogen) atoms. The Balaban J connectivity index is 0.00000312. The lowest BCUT2D eigenvalue weighted by Crippen LogP contribution is -2.34. The van der Waals surface area contributed by atoms with Crippen molar-refractivity contribution in [2.75, 3.05) is 27.2 Å². The van der Waals surface area contributed by atoms with Crippen molar-refractivity contribution < 1.29 is 9.59 Å². The Bertz CT molecular complexity index is 556. The minimum Gasteiger partial charge on any atom is -0.355 e. The van der Waals surface area contributed by atoms with Crippen LogP contribution >= 0.6 is 12.4 Å². The molecule has 0 saturated carbocycles. The second kappa shape index (κ2) is 10.4. The Morgan fingerprint density at radius 2 is 1.84 bits per heavy atom. The lowest BCUT2D eigenvalue weighted by atomic mass is 9.84. The number of hydrogen-bond acceptors (Lipinski definition) is 3. The average Bonchev–Trinajstić information content (AvgIpc) is 2.62. The number of nitrogens with zero attached hydrogens (tertiary/aromatic N) is 1. The molecule has 1 atom stereocenters. The Hall–Kier alpha value is -1.59. The maximum absolute atomic E-state index is 12.5. The number of nitrogens with one attached hydrogen (secondary N) is 2. The molecule has 5 nitrogen and oxygen atoms in total. The molecule has 0 bridgehead atoms. The van der Waals surface area contributed by atoms with E-state index in [1.54, 1.807) is 24.1 Å². The van der Waals surface area contributed by atoms with E-state index in [4.69, 9.17) is 0 Å². The van der Waals surface area contributed by atoms with Crippen LogP contribution in [0.4, 0.5) is 0 Å². The van der Waals surface area contributed by atoms with E-state index in [1.165, 1.54) is 12.8 Å². The maximum atomic E-state index is 12.5. The average molecular weight is 368 g/mol. The van der Waals surface area contributed by atoms with E-state index in [-0.39, 0.29) is 24.2 Å². The van der Waals surface area contributed by atoms with E-state index < -0.39 is 0 Å². The summed E-state index contributed by atoms with van der Waals surface area (Å²) in [5, 5.41) is 5.98. The number of amides is 2. The number of carbonyl (C=O) groups excluding carboxylic acids is 2. The Morgan fingerprint density at radius 3 is 2.40 bits per heavy atom. The summed E-state index contributed by atoms with van der Waals surface area (Å²) in [6, 6.07) is 7.41. The van der Waals surface area contributed by atoms with Gasteiger partial charge in [-0.25, -0.2) is 0 Å². The van der Waals surface area contributed by atoms with Gasteiger partial charge in [0.2, 0.25) is 5.91 Å². The van der Waals surface area contributed by atoms with Crippen molar-refractivity contribution in [2.24, 2.45) is 11.8 Å². The molecule has 1 unspecified atom stereocenters. The molecule has 140 valence electrons. The molecule has 6 heteroatoms. The van der Waals surface area contributed by atoms with Crippen molar-refractivity contribution in [2.45, 2.75) is 32.7 Å². The highest BCUT2D eigenvalue weighted by atomic mass is 35.5. The van der Waals surface area contributed by atoms with Crippen molar-refractivity contribution in [3.63, 3.8) is 0 Å². The van der Waals surface area contributed by atoms with Crippen LogP contribution in [0.25, 0.3) is 0 Å². The second-order valence-electron chi connectivity index (χ2n) is 6.79. The zero-order valence-corrected chi connectivity index (χ0v) is 16.2. The molecule has 1 aliphatic heterocycles. The Kier molecular flexibility index (Phi) is 8.93. The number of rotatable bonds is 6. The van der Waals surface area contributed by atoms with Crippen LogP contribution in [0.3, 0.4) is 0 Å². The van der Waals surface area contributed by atoms with Gasteiger partial charge in [-0.15, -0.1) is 12.4 Å². The first-order valence-corrected chi connectivity index (χ1v) is 8.77. The van der Waals surface area contributed by atoms with Gasteiger partial charge >= 0.3 is 0 Å². The van der Waals surface area contributed by atoms with Crippen LogP contribution in [0.2, 0.25) is 0 Å². The largest absolute Gasteiger partial charge is 0.355 e. The summed E-state index contributed by atoms with van der Waals surface area (Å²) in [7, 11) is 3.47. The quantitative estimate of drug-likeness (QED) is 0.811. The summed E-state index contributed by atoms with van der Waals surface area (Å²) in [5.41, 5.74) is 1.67. The van der Waals surface area contributed by atoms with Gasteiger partial charge in [-0.05, 0) is 55.5 Å². The number of benzene rings is 1. The molecular weight excluding hydrogens is 338 g/mol. The molecule has 1 saturated heterocycles. The monoisotopic (exact) mass is 367 g/mol. The molecule has 1 aromatic carbocycles. The molecule has 2 N–H and O–H groups in total. The molecule has 1 aromatic rings. The molecule has 0 aromatic heterocycles. The third-order valence-corrected chi connectivity index (χ3v) is 4.97. The van der Waals surface area contributed by atoms with E-state index in [1.807, 2.05) is 19.2 Å². The molecule has 1 heterocycles. The lowest BCUT2D eigenvalue weighted by Gasteiger charge is -2.29. The van der Waals surface area contributed by atoms with Gasteiger partial charge in [0, 0.05) is 32.6 Å². The normalized spacial score (nSPS) is 15.8. The van der Waals surface area contributed by atoms with Crippen molar-refractivity contribution >= 4 is 24.2 Å². The molecule has 2 amide bonds. The predicted molar refractivity (Wildman–Crippen MR) is 103 cm³/mol. The van der Waals surface area contributed by atoms with Gasteiger partial charge in [0.05, 0.1) is 0 Å². The van der Waals surface area contributed by atoms with Crippen molar-refractivity contribution in [1.29, 1.82) is 0 Å². The SMILES string of the molecule is CNC(=O)c1ccc(CN(C)C(=O)CC(C)C2CCNCC2)cc1.Cl. The number of hydrogen-bond donors (Lipinski definition) is 2. The van der Waals surface area contributed by atoms with Gasteiger partial charge in [-0.1, -0.05) is 19.1 Å². The van der Waals surface area contributed by atoms with Crippen LogP contribution in [0.15, 0.2) is 24.3 Å². The van der Waals surface area contributed by atoms with Gasteiger partial charge in [0.25, 0.3) is 5.91 Å². The third-order valence-electron chi connectivity index (χ3n) is 4.97. The van der Waals surface area contributed by atoms with Crippen molar-refractivity contribution in [3.8, 4) is 0 Å². The Labute approximate surface area is 157 Å². The highest BCUT2D eigenvalue weighted by Crippen LogP contribution is 2.25. The minimum absolute atomic E-state index is 0. The van der Waals surface area contributed by atoms with Crippen LogP contribution in [0.5, 0.6) is 0 Å². The van der Waals surface area contributed by atoms with Crippen LogP contribution in [-0.2, 0) is 11.3 Å². The molecule has 0 aliphatic carbocycles. The number of carbonyl (C=O) groups is 2. The third kappa shape index (κ3) is 6.33. The van der Waals surface area contributed by atoms with E-state index >= 15 is 0 Å². The van der Waals surface area contributed by atoms with Crippen molar-refractivity contribution in [1.82, 2.24) is 15.5 Å². The van der Waals surface area contributed by atoms with Gasteiger partial charge < -0.3 is 15.5 Å². The van der Waals surface area contributed by atoms with Crippen LogP contribution < -0.4 is 10.6 Å². The van der Waals surface area contributed by atoms with Gasteiger partial charge in [-0.3, -0.25) is 9.59 Å². The van der Waals surface area contributed by atoms with Crippen LogP contribution in [0.1, 0.15) is 42.1 Å². The molecule has 0 spiro atoms. The molecule has 1 aliphatic rings. The first kappa shape index (κ1) is 21.5. The van der Waals surface area contributed by atoms with Gasteiger partial charge in [0.1, 0.15) is 0 Å². The zero-order valence-electron chi connectivity index (χ0n) is 15.4. The van der Waals surface area contributed by atoms with E-state index in [0.29, 0.717) is 30.4 Å². The van der Waals surface area contributed by atoms with Gasteiger partial charge in [0.15, 0.2) is 0 Å². The fourth-order valence-electron chi connectivity index (χ4n) is 3.28. The summed E-state index contributed by atoms with van der Waals surface area (Å²) < 4.78 is 0. The van der Waals surface area contributed by atoms with Gasteiger partial charge in [-0.2, -0.15) is 0 Å². The zero-order chi connectivity index (χ0) is 17.5. The first-order chi connectivity index (χ1) is 11.5. The number of halogens is 1. The summed E-state index contributed by atoms with van der Waals surface area (Å²) in [5.74, 6) is 1.17. The van der Waals surface area contributed by atoms with E-state index in [9.17, 15) is 9.59 Å². The summed E-state index contributed by atoms with van der Waals surface area (Å²) in [6.45, 7) is 4.90. The van der Waals surface area contributed by atoms with Crippen LogP contribution in [0, 0.1) is 11.8 Å². The standard InChI is InChI=1S/C19H29N3O2.ClH/c1-14(16-8-10-21-11-9-16)12-18(23)22(3)13-15-4-6-17(7-5-15)19(24)20-2;/h4-7,14,16,21H,8-13H2,1-3H3,(H,20,24);1H. The van der Waals surface area contributed by atoms with E-state index in [2.05, 4.69) is 17.6 Å². The summed E-state index contributed by atoms with van der Waals surface area (Å²) >= 11 is 0. The van der Waals surface area contributed by atoms with Crippen molar-refractivity contribution in [3.05, 3.63) is 35.4 Å². The van der Waals surface area contributed by atoms with Crippen LogP contribution in [-0.4, -0.2) is 43.9 Å².